The number of allylic oxidation sites excluding steroid dienone is 3. The van der Waals surface area contributed by atoms with Crippen LogP contribution in [0.3, 0.4) is 0 Å². The molecule has 2 N–H and O–H groups in total. The fourth-order valence-corrected chi connectivity index (χ4v) is 4.86. The van der Waals surface area contributed by atoms with Gasteiger partial charge in [0.25, 0.3) is 0 Å². The highest BCUT2D eigenvalue weighted by atomic mass is 16.5. The second-order valence-electron chi connectivity index (χ2n) is 8.44. The van der Waals surface area contributed by atoms with E-state index in [2.05, 4.69) is 5.32 Å². The summed E-state index contributed by atoms with van der Waals surface area (Å²) in [5, 5.41) is 13.1. The molecule has 34 heavy (non-hydrogen) atoms. The van der Waals surface area contributed by atoms with E-state index >= 15 is 0 Å². The minimum Gasteiger partial charge on any atom is -0.508 e. The van der Waals surface area contributed by atoms with Crippen molar-refractivity contribution >= 4 is 11.8 Å². The lowest BCUT2D eigenvalue weighted by atomic mass is 9.71. The molecule has 7 heteroatoms. The van der Waals surface area contributed by atoms with Gasteiger partial charge in [0.05, 0.1) is 26.4 Å². The highest BCUT2D eigenvalue weighted by Gasteiger charge is 2.41. The number of hydrogen-bond acceptors (Lipinski definition) is 7. The van der Waals surface area contributed by atoms with E-state index in [4.69, 9.17) is 14.2 Å². The smallest absolute Gasteiger partial charge is 0.336 e. The number of phenolic OH excluding ortho intramolecular Hbond substituents is 1. The van der Waals surface area contributed by atoms with Gasteiger partial charge in [-0.05, 0) is 61.6 Å². The summed E-state index contributed by atoms with van der Waals surface area (Å²) in [6.45, 7) is 3.82. The Morgan fingerprint density at radius 3 is 2.35 bits per heavy atom. The Morgan fingerprint density at radius 1 is 1.03 bits per heavy atom. The van der Waals surface area contributed by atoms with Gasteiger partial charge >= 0.3 is 5.97 Å². The molecule has 0 amide bonds. The highest BCUT2D eigenvalue weighted by molar-refractivity contribution is 6.04. The zero-order valence-corrected chi connectivity index (χ0v) is 19.8. The van der Waals surface area contributed by atoms with Crippen LogP contribution in [0.2, 0.25) is 0 Å². The predicted octanol–water partition coefficient (Wildman–Crippen LogP) is 4.33. The molecule has 0 spiro atoms. The first-order valence-corrected chi connectivity index (χ1v) is 11.3. The highest BCUT2D eigenvalue weighted by Crippen LogP contribution is 2.46. The van der Waals surface area contributed by atoms with Crippen molar-refractivity contribution in [3.05, 3.63) is 76.1 Å². The molecular formula is C27H29NO6. The van der Waals surface area contributed by atoms with E-state index in [1.807, 2.05) is 25.1 Å². The maximum atomic E-state index is 13.6. The third-order valence-electron chi connectivity index (χ3n) is 6.43. The van der Waals surface area contributed by atoms with E-state index in [0.29, 0.717) is 41.2 Å². The van der Waals surface area contributed by atoms with Crippen molar-refractivity contribution in [1.29, 1.82) is 0 Å². The van der Waals surface area contributed by atoms with Crippen LogP contribution in [-0.4, -0.2) is 37.7 Å². The number of methoxy groups -OCH3 is 2. The molecule has 1 heterocycles. The first kappa shape index (κ1) is 23.4. The summed E-state index contributed by atoms with van der Waals surface area (Å²) in [7, 11) is 3.18. The standard InChI is InChI=1S/C27H29NO6/c1-5-34-27(31)24-15(2)28-20-12-18(17-8-11-22(32-3)23(14-17)33-4)13-21(30)26(20)25(24)16-6-9-19(29)10-7-16/h6-11,14,18,25,28-29H,5,12-13H2,1-4H3. The normalized spacial score (nSPS) is 19.9. The molecule has 7 nitrogen and oxygen atoms in total. The molecule has 2 aliphatic rings. The number of benzene rings is 2. The molecule has 1 aliphatic carbocycles. The number of carbonyl (C=O) groups is 2. The van der Waals surface area contributed by atoms with Crippen LogP contribution in [0.15, 0.2) is 65.0 Å². The van der Waals surface area contributed by atoms with E-state index in [1.165, 1.54) is 0 Å². The number of ether oxygens (including phenoxy) is 3. The van der Waals surface area contributed by atoms with Gasteiger partial charge in [-0.3, -0.25) is 4.79 Å². The van der Waals surface area contributed by atoms with E-state index < -0.39 is 11.9 Å². The molecule has 0 saturated heterocycles. The Morgan fingerprint density at radius 2 is 1.71 bits per heavy atom. The van der Waals surface area contributed by atoms with Crippen LogP contribution < -0.4 is 14.8 Å². The number of hydrogen-bond donors (Lipinski definition) is 2. The molecule has 0 aromatic heterocycles. The van der Waals surface area contributed by atoms with Gasteiger partial charge in [0.15, 0.2) is 17.3 Å². The van der Waals surface area contributed by atoms with E-state index in [1.54, 1.807) is 45.4 Å². The van der Waals surface area contributed by atoms with Gasteiger partial charge in [-0.2, -0.15) is 0 Å². The summed E-state index contributed by atoms with van der Waals surface area (Å²) in [4.78, 5) is 26.5. The molecule has 2 unspecified atom stereocenters. The lowest BCUT2D eigenvalue weighted by molar-refractivity contribution is -0.138. The van der Waals surface area contributed by atoms with Crippen LogP contribution in [0.5, 0.6) is 17.2 Å². The van der Waals surface area contributed by atoms with Gasteiger partial charge in [-0.15, -0.1) is 0 Å². The molecule has 1 aliphatic heterocycles. The predicted molar refractivity (Wildman–Crippen MR) is 127 cm³/mol. The van der Waals surface area contributed by atoms with Crippen molar-refractivity contribution in [3.63, 3.8) is 0 Å². The first-order valence-electron chi connectivity index (χ1n) is 11.3. The lowest BCUT2D eigenvalue weighted by Gasteiger charge is -2.36. The number of carbonyl (C=O) groups excluding carboxylic acids is 2. The summed E-state index contributed by atoms with van der Waals surface area (Å²) in [5.74, 6) is 0.285. The Labute approximate surface area is 199 Å². The number of nitrogens with one attached hydrogen (secondary N) is 1. The number of rotatable bonds is 6. The molecule has 2 atom stereocenters. The topological polar surface area (TPSA) is 94.1 Å². The third-order valence-corrected chi connectivity index (χ3v) is 6.43. The van der Waals surface area contributed by atoms with E-state index in [9.17, 15) is 14.7 Å². The number of Topliss-reactive ketones (excluding diaryl/α,β-unsaturated/α-hetero) is 1. The number of dihydropyridines is 1. The second-order valence-corrected chi connectivity index (χ2v) is 8.44. The average Bonchev–Trinajstić information content (AvgIpc) is 2.83. The van der Waals surface area contributed by atoms with Gasteiger partial charge in [-0.1, -0.05) is 18.2 Å². The van der Waals surface area contributed by atoms with Gasteiger partial charge in [0, 0.05) is 29.3 Å². The molecule has 0 saturated carbocycles. The molecule has 0 fully saturated rings. The largest absolute Gasteiger partial charge is 0.508 e. The third kappa shape index (κ3) is 4.25. The summed E-state index contributed by atoms with van der Waals surface area (Å²) >= 11 is 0. The number of aromatic hydroxyl groups is 1. The van der Waals surface area contributed by atoms with Crippen molar-refractivity contribution in [3.8, 4) is 17.2 Å². The zero-order chi connectivity index (χ0) is 24.4. The van der Waals surface area contributed by atoms with Crippen LogP contribution in [0.4, 0.5) is 0 Å². The Kier molecular flexibility index (Phi) is 6.63. The Bertz CT molecular complexity index is 1180. The summed E-state index contributed by atoms with van der Waals surface area (Å²) in [6, 6.07) is 12.3. The van der Waals surface area contributed by atoms with Crippen LogP contribution in [0.1, 0.15) is 49.7 Å². The molecule has 0 bridgehead atoms. The average molecular weight is 464 g/mol. The molecule has 4 rings (SSSR count). The Balaban J connectivity index is 1.77. The van der Waals surface area contributed by atoms with Crippen molar-refractivity contribution in [1.82, 2.24) is 5.32 Å². The van der Waals surface area contributed by atoms with Crippen molar-refractivity contribution in [2.45, 2.75) is 38.5 Å². The van der Waals surface area contributed by atoms with Gasteiger partial charge < -0.3 is 24.6 Å². The van der Waals surface area contributed by atoms with E-state index in [-0.39, 0.29) is 24.1 Å². The van der Waals surface area contributed by atoms with Gasteiger partial charge in [0.1, 0.15) is 5.75 Å². The number of esters is 1. The van der Waals surface area contributed by atoms with Gasteiger partial charge in [-0.25, -0.2) is 4.79 Å². The quantitative estimate of drug-likeness (QED) is 0.616. The molecule has 2 aromatic carbocycles. The molecule has 2 aromatic rings. The summed E-state index contributed by atoms with van der Waals surface area (Å²) < 4.78 is 16.1. The zero-order valence-electron chi connectivity index (χ0n) is 19.8. The monoisotopic (exact) mass is 463 g/mol. The van der Waals surface area contributed by atoms with Crippen LogP contribution >= 0.6 is 0 Å². The summed E-state index contributed by atoms with van der Waals surface area (Å²) in [5.41, 5.74) is 4.21. The van der Waals surface area contributed by atoms with Crippen LogP contribution in [0.25, 0.3) is 0 Å². The molecule has 178 valence electrons. The Hall–Kier alpha value is -3.74. The van der Waals surface area contributed by atoms with E-state index in [0.717, 1.165) is 16.8 Å². The van der Waals surface area contributed by atoms with Crippen LogP contribution in [0, 0.1) is 0 Å². The van der Waals surface area contributed by atoms with Crippen LogP contribution in [-0.2, 0) is 14.3 Å². The van der Waals surface area contributed by atoms with Gasteiger partial charge in [0.2, 0.25) is 0 Å². The fraction of sp³-hybridized carbons (Fsp3) is 0.333. The minimum atomic E-state index is -0.560. The lowest BCUT2D eigenvalue weighted by Crippen LogP contribution is -2.36. The molecular weight excluding hydrogens is 434 g/mol. The van der Waals surface area contributed by atoms with Crippen molar-refractivity contribution in [2.75, 3.05) is 20.8 Å². The first-order chi connectivity index (χ1) is 16.4. The SMILES string of the molecule is CCOC(=O)C1=C(C)NC2=C(C(=O)CC(c3ccc(OC)c(OC)c3)C2)C1c1ccc(O)cc1. The fourth-order valence-electron chi connectivity index (χ4n) is 4.86. The summed E-state index contributed by atoms with van der Waals surface area (Å²) in [6.07, 6.45) is 0.915. The second kappa shape index (κ2) is 9.63. The molecule has 0 radical (unpaired) electrons. The maximum Gasteiger partial charge on any atom is 0.336 e. The number of ketones is 1. The maximum absolute atomic E-state index is 13.6. The number of phenols is 1. The van der Waals surface area contributed by atoms with Crippen molar-refractivity contribution < 1.29 is 28.9 Å². The van der Waals surface area contributed by atoms with Crippen molar-refractivity contribution in [2.24, 2.45) is 0 Å². The minimum absolute atomic E-state index is 0.0269.